The van der Waals surface area contributed by atoms with Crippen molar-refractivity contribution in [3.8, 4) is 0 Å². The third-order valence-corrected chi connectivity index (χ3v) is 2.13. The molecule has 0 atom stereocenters. The number of nitrogens with one attached hydrogen (secondary N) is 3. The first-order chi connectivity index (χ1) is 8.29. The van der Waals surface area contributed by atoms with Crippen LogP contribution in [0.5, 0.6) is 0 Å². The summed E-state index contributed by atoms with van der Waals surface area (Å²) in [6, 6.07) is 0. The van der Waals surface area contributed by atoms with Gasteiger partial charge in [-0.1, -0.05) is 0 Å². The van der Waals surface area contributed by atoms with Gasteiger partial charge in [0.15, 0.2) is 0 Å². The lowest BCUT2D eigenvalue weighted by molar-refractivity contribution is 0.0945. The topological polar surface area (TPSA) is 95.6 Å². The Balaban J connectivity index is 1.95. The van der Waals surface area contributed by atoms with Crippen LogP contribution in [0.4, 0.5) is 5.82 Å². The number of nitrogens with zero attached hydrogens (tertiary/aromatic N) is 3. The van der Waals surface area contributed by atoms with Crippen molar-refractivity contribution in [2.75, 3.05) is 12.4 Å². The fourth-order valence-electron chi connectivity index (χ4n) is 1.22. The molecule has 2 aromatic heterocycles. The van der Waals surface area contributed by atoms with E-state index in [1.54, 1.807) is 19.6 Å². The summed E-state index contributed by atoms with van der Waals surface area (Å²) in [4.78, 5) is 26.4. The Labute approximate surface area is 97.7 Å². The maximum absolute atomic E-state index is 11.7. The molecule has 0 aliphatic carbocycles. The number of amides is 1. The van der Waals surface area contributed by atoms with Gasteiger partial charge in [0.05, 0.1) is 31.0 Å². The van der Waals surface area contributed by atoms with Gasteiger partial charge in [0.1, 0.15) is 11.5 Å². The average molecular weight is 232 g/mol. The van der Waals surface area contributed by atoms with Crippen LogP contribution in [0.2, 0.25) is 0 Å². The SMILES string of the molecule is CNc1cnc(C(=O)NCc2cnc[nH]2)cn1. The van der Waals surface area contributed by atoms with E-state index >= 15 is 0 Å². The van der Waals surface area contributed by atoms with E-state index in [1.807, 2.05) is 0 Å². The van der Waals surface area contributed by atoms with Gasteiger partial charge in [-0.3, -0.25) is 4.79 Å². The Bertz CT molecular complexity index is 478. The van der Waals surface area contributed by atoms with Crippen molar-refractivity contribution >= 4 is 11.7 Å². The molecule has 7 heteroatoms. The fraction of sp³-hybridized carbons (Fsp3) is 0.200. The van der Waals surface area contributed by atoms with E-state index in [0.717, 1.165) is 5.69 Å². The second-order valence-corrected chi connectivity index (χ2v) is 3.30. The summed E-state index contributed by atoms with van der Waals surface area (Å²) < 4.78 is 0. The van der Waals surface area contributed by atoms with Crippen LogP contribution in [-0.2, 0) is 6.54 Å². The maximum Gasteiger partial charge on any atom is 0.271 e. The Kier molecular flexibility index (Phi) is 3.29. The lowest BCUT2D eigenvalue weighted by Crippen LogP contribution is -2.24. The molecular formula is C10H12N6O. The number of anilines is 1. The first-order valence-electron chi connectivity index (χ1n) is 5.05. The summed E-state index contributed by atoms with van der Waals surface area (Å²) in [7, 11) is 1.74. The van der Waals surface area contributed by atoms with E-state index in [1.165, 1.54) is 12.4 Å². The van der Waals surface area contributed by atoms with Crippen LogP contribution in [0.1, 0.15) is 16.2 Å². The molecule has 0 fully saturated rings. The molecule has 3 N–H and O–H groups in total. The molecule has 2 aromatic rings. The second kappa shape index (κ2) is 5.06. The Morgan fingerprint density at radius 2 is 2.24 bits per heavy atom. The van der Waals surface area contributed by atoms with E-state index < -0.39 is 0 Å². The quantitative estimate of drug-likeness (QED) is 0.698. The summed E-state index contributed by atoms with van der Waals surface area (Å²) in [6.45, 7) is 0.383. The number of hydrogen-bond acceptors (Lipinski definition) is 5. The highest BCUT2D eigenvalue weighted by Gasteiger charge is 2.07. The molecule has 2 heterocycles. The van der Waals surface area contributed by atoms with Gasteiger partial charge in [0.2, 0.25) is 0 Å². The standard InChI is InChI=1S/C10H12N6O/c1-11-9-5-13-8(4-14-9)10(17)15-3-7-2-12-6-16-7/h2,4-6H,3H2,1H3,(H,11,14)(H,12,16)(H,15,17). The Morgan fingerprint density at radius 3 is 2.82 bits per heavy atom. The molecule has 0 aliphatic rings. The predicted octanol–water partition coefficient (Wildman–Crippen LogP) is 0.171. The lowest BCUT2D eigenvalue weighted by atomic mass is 10.4. The van der Waals surface area contributed by atoms with Crippen molar-refractivity contribution in [3.05, 3.63) is 36.3 Å². The summed E-state index contributed by atoms with van der Waals surface area (Å²) in [5.74, 6) is 0.352. The summed E-state index contributed by atoms with van der Waals surface area (Å²) >= 11 is 0. The normalized spacial score (nSPS) is 9.94. The number of rotatable bonds is 4. The molecule has 17 heavy (non-hydrogen) atoms. The highest BCUT2D eigenvalue weighted by molar-refractivity contribution is 5.91. The minimum Gasteiger partial charge on any atom is -0.372 e. The van der Waals surface area contributed by atoms with Crippen LogP contribution >= 0.6 is 0 Å². The Morgan fingerprint density at radius 1 is 1.35 bits per heavy atom. The summed E-state index contributed by atoms with van der Waals surface area (Å²) in [6.07, 6.45) is 6.14. The fourth-order valence-corrected chi connectivity index (χ4v) is 1.22. The van der Waals surface area contributed by atoms with E-state index in [2.05, 4.69) is 30.6 Å². The number of carbonyl (C=O) groups excluding carboxylic acids is 1. The van der Waals surface area contributed by atoms with Crippen molar-refractivity contribution in [2.45, 2.75) is 6.54 Å². The van der Waals surface area contributed by atoms with Crippen LogP contribution in [-0.4, -0.2) is 32.9 Å². The molecule has 0 unspecified atom stereocenters. The van der Waals surface area contributed by atoms with Crippen LogP contribution in [0.25, 0.3) is 0 Å². The highest BCUT2D eigenvalue weighted by atomic mass is 16.1. The number of aromatic amines is 1. The first kappa shape index (κ1) is 11.1. The van der Waals surface area contributed by atoms with E-state index in [4.69, 9.17) is 0 Å². The van der Waals surface area contributed by atoms with Crippen LogP contribution in [0.15, 0.2) is 24.9 Å². The molecule has 0 spiro atoms. The minimum atomic E-state index is -0.269. The molecule has 0 saturated carbocycles. The molecular weight excluding hydrogens is 220 g/mol. The molecule has 0 aliphatic heterocycles. The van der Waals surface area contributed by atoms with Crippen molar-refractivity contribution in [2.24, 2.45) is 0 Å². The zero-order valence-electron chi connectivity index (χ0n) is 9.27. The van der Waals surface area contributed by atoms with Gasteiger partial charge < -0.3 is 15.6 Å². The van der Waals surface area contributed by atoms with E-state index in [9.17, 15) is 4.79 Å². The highest BCUT2D eigenvalue weighted by Crippen LogP contribution is 2.00. The monoisotopic (exact) mass is 232 g/mol. The Hall–Kier alpha value is -2.44. The van der Waals surface area contributed by atoms with Gasteiger partial charge in [-0.15, -0.1) is 0 Å². The van der Waals surface area contributed by atoms with Gasteiger partial charge in [0, 0.05) is 13.2 Å². The lowest BCUT2D eigenvalue weighted by Gasteiger charge is -2.03. The predicted molar refractivity (Wildman–Crippen MR) is 61.3 cm³/mol. The molecule has 0 bridgehead atoms. The third kappa shape index (κ3) is 2.77. The molecule has 0 radical (unpaired) electrons. The van der Waals surface area contributed by atoms with Crippen molar-refractivity contribution in [1.29, 1.82) is 0 Å². The van der Waals surface area contributed by atoms with Gasteiger partial charge in [0.25, 0.3) is 5.91 Å². The van der Waals surface area contributed by atoms with Crippen LogP contribution < -0.4 is 10.6 Å². The second-order valence-electron chi connectivity index (χ2n) is 3.30. The van der Waals surface area contributed by atoms with Crippen LogP contribution in [0, 0.1) is 0 Å². The summed E-state index contributed by atoms with van der Waals surface area (Å²) in [5, 5.41) is 5.53. The molecule has 0 aromatic carbocycles. The minimum absolute atomic E-state index is 0.269. The maximum atomic E-state index is 11.7. The largest absolute Gasteiger partial charge is 0.372 e. The molecule has 0 saturated heterocycles. The zero-order chi connectivity index (χ0) is 12.1. The number of H-pyrrole nitrogens is 1. The van der Waals surface area contributed by atoms with Crippen molar-refractivity contribution in [1.82, 2.24) is 25.3 Å². The number of carbonyl (C=O) groups is 1. The number of aromatic nitrogens is 4. The number of imidazole rings is 1. The first-order valence-corrected chi connectivity index (χ1v) is 5.05. The van der Waals surface area contributed by atoms with Crippen LogP contribution in [0.3, 0.4) is 0 Å². The van der Waals surface area contributed by atoms with E-state index in [-0.39, 0.29) is 11.6 Å². The zero-order valence-corrected chi connectivity index (χ0v) is 9.27. The van der Waals surface area contributed by atoms with Gasteiger partial charge in [-0.25, -0.2) is 15.0 Å². The van der Waals surface area contributed by atoms with Gasteiger partial charge in [-0.2, -0.15) is 0 Å². The molecule has 7 nitrogen and oxygen atoms in total. The molecule has 1 amide bonds. The summed E-state index contributed by atoms with van der Waals surface area (Å²) in [5.41, 5.74) is 1.11. The van der Waals surface area contributed by atoms with Crippen molar-refractivity contribution < 1.29 is 4.79 Å². The third-order valence-electron chi connectivity index (χ3n) is 2.13. The van der Waals surface area contributed by atoms with Crippen molar-refractivity contribution in [3.63, 3.8) is 0 Å². The number of hydrogen-bond donors (Lipinski definition) is 3. The molecule has 2 rings (SSSR count). The van der Waals surface area contributed by atoms with Gasteiger partial charge in [-0.05, 0) is 0 Å². The van der Waals surface area contributed by atoms with E-state index in [0.29, 0.717) is 12.4 Å². The smallest absolute Gasteiger partial charge is 0.271 e. The average Bonchev–Trinajstić information content (AvgIpc) is 2.89. The molecule has 88 valence electrons. The van der Waals surface area contributed by atoms with Gasteiger partial charge >= 0.3 is 0 Å².